The van der Waals surface area contributed by atoms with Crippen molar-refractivity contribution < 1.29 is 9.53 Å². The summed E-state index contributed by atoms with van der Waals surface area (Å²) in [5.74, 6) is 0.459. The molecule has 0 aromatic heterocycles. The summed E-state index contributed by atoms with van der Waals surface area (Å²) in [5, 5.41) is 0. The number of nitrogens with one attached hydrogen (secondary N) is 1. The Labute approximate surface area is 71.1 Å². The van der Waals surface area contributed by atoms with E-state index in [0.717, 1.165) is 11.1 Å². The minimum atomic E-state index is -1.03. The van der Waals surface area contributed by atoms with Gasteiger partial charge in [-0.15, -0.1) is 0 Å². The molecule has 1 N–H and O–H groups in total. The van der Waals surface area contributed by atoms with E-state index in [9.17, 15) is 4.79 Å². The van der Waals surface area contributed by atoms with E-state index in [2.05, 4.69) is 4.74 Å². The van der Waals surface area contributed by atoms with E-state index in [1.165, 1.54) is 0 Å². The van der Waals surface area contributed by atoms with Crippen molar-refractivity contribution in [3.63, 3.8) is 0 Å². The van der Waals surface area contributed by atoms with Crippen LogP contribution in [0.2, 0.25) is 0 Å². The van der Waals surface area contributed by atoms with Crippen LogP contribution in [0.25, 0.3) is 0 Å². The molecule has 0 saturated heterocycles. The van der Waals surface area contributed by atoms with Gasteiger partial charge in [-0.2, -0.15) is 0 Å². The van der Waals surface area contributed by atoms with Crippen molar-refractivity contribution in [2.24, 2.45) is 0 Å². The maximum Gasteiger partial charge on any atom is 0.431 e. The number of aryl methyl sites for hydroxylation is 2. The third-order valence-electron chi connectivity index (χ3n) is 1.53. The highest BCUT2D eigenvalue weighted by Crippen LogP contribution is 2.18. The standard InChI is InChI=1S/C9H10NO2/c1-6-3-4-8(7(2)5-6)12-9(10)11/h3-5,10H,1-2H3. The number of benzene rings is 1. The molecule has 63 valence electrons. The third-order valence-corrected chi connectivity index (χ3v) is 1.53. The van der Waals surface area contributed by atoms with Gasteiger partial charge in [0, 0.05) is 0 Å². The zero-order valence-corrected chi connectivity index (χ0v) is 7.05. The molecule has 0 fully saturated rings. The molecule has 0 spiro atoms. The summed E-state index contributed by atoms with van der Waals surface area (Å²) in [6, 6.07) is 5.43. The van der Waals surface area contributed by atoms with Crippen molar-refractivity contribution >= 4 is 6.09 Å². The molecule has 0 aliphatic heterocycles. The molecular formula is C9H10NO2. The molecule has 0 heterocycles. The predicted octanol–water partition coefficient (Wildman–Crippen LogP) is 2.09. The van der Waals surface area contributed by atoms with E-state index in [1.54, 1.807) is 6.07 Å². The second-order valence-corrected chi connectivity index (χ2v) is 2.66. The van der Waals surface area contributed by atoms with Gasteiger partial charge in [-0.25, -0.2) is 10.5 Å². The number of hydrogen-bond donors (Lipinski definition) is 0. The first kappa shape index (κ1) is 8.59. The summed E-state index contributed by atoms with van der Waals surface area (Å²) in [7, 11) is 0. The number of carbonyl (C=O) groups excluding carboxylic acids is 1. The lowest BCUT2D eigenvalue weighted by Crippen LogP contribution is -2.06. The lowest BCUT2D eigenvalue weighted by Gasteiger charge is -2.04. The zero-order chi connectivity index (χ0) is 9.14. The first-order valence-corrected chi connectivity index (χ1v) is 3.60. The molecule has 1 amide bonds. The van der Waals surface area contributed by atoms with Gasteiger partial charge in [0.25, 0.3) is 0 Å². The molecule has 0 unspecified atom stereocenters. The number of rotatable bonds is 1. The molecule has 1 aromatic rings. The highest BCUT2D eigenvalue weighted by molar-refractivity contribution is 5.67. The minimum absolute atomic E-state index is 0.459. The van der Waals surface area contributed by atoms with Gasteiger partial charge in [-0.3, -0.25) is 0 Å². The molecule has 12 heavy (non-hydrogen) atoms. The molecule has 1 radical (unpaired) electrons. The van der Waals surface area contributed by atoms with Crippen LogP contribution in [0.3, 0.4) is 0 Å². The van der Waals surface area contributed by atoms with Gasteiger partial charge in [0.1, 0.15) is 5.75 Å². The van der Waals surface area contributed by atoms with Crippen LogP contribution in [0.1, 0.15) is 11.1 Å². The minimum Gasteiger partial charge on any atom is -0.409 e. The summed E-state index contributed by atoms with van der Waals surface area (Å²) in [6.45, 7) is 3.80. The maximum atomic E-state index is 10.3. The molecule has 3 nitrogen and oxygen atoms in total. The number of ether oxygens (including phenoxy) is 1. The summed E-state index contributed by atoms with van der Waals surface area (Å²) in [6.07, 6.45) is -1.03. The highest BCUT2D eigenvalue weighted by atomic mass is 16.5. The summed E-state index contributed by atoms with van der Waals surface area (Å²) in [4.78, 5) is 10.3. The average Bonchev–Trinajstić information content (AvgIpc) is 1.94. The van der Waals surface area contributed by atoms with Crippen LogP contribution >= 0.6 is 0 Å². The van der Waals surface area contributed by atoms with Crippen molar-refractivity contribution in [3.05, 3.63) is 29.3 Å². The number of carbonyl (C=O) groups is 1. The van der Waals surface area contributed by atoms with Crippen molar-refractivity contribution in [1.29, 1.82) is 0 Å². The SMILES string of the molecule is Cc1ccc(OC([NH])=O)c(C)c1. The zero-order valence-electron chi connectivity index (χ0n) is 7.05. The molecule has 1 rings (SSSR count). The number of amides is 1. The fourth-order valence-corrected chi connectivity index (χ4v) is 1.01. The largest absolute Gasteiger partial charge is 0.431 e. The molecule has 0 aliphatic rings. The van der Waals surface area contributed by atoms with E-state index in [4.69, 9.17) is 5.73 Å². The normalized spacial score (nSPS) is 9.50. The first-order chi connectivity index (χ1) is 5.59. The Morgan fingerprint density at radius 3 is 2.58 bits per heavy atom. The van der Waals surface area contributed by atoms with Crippen molar-refractivity contribution in [2.45, 2.75) is 13.8 Å². The summed E-state index contributed by atoms with van der Waals surface area (Å²) >= 11 is 0. The van der Waals surface area contributed by atoms with Crippen LogP contribution in [0.5, 0.6) is 5.75 Å². The van der Waals surface area contributed by atoms with Crippen LogP contribution in [-0.4, -0.2) is 6.09 Å². The van der Waals surface area contributed by atoms with Crippen LogP contribution in [0.4, 0.5) is 4.79 Å². The Kier molecular flexibility index (Phi) is 2.33. The van der Waals surface area contributed by atoms with Crippen molar-refractivity contribution in [1.82, 2.24) is 5.73 Å². The fraction of sp³-hybridized carbons (Fsp3) is 0.222. The Hall–Kier alpha value is -1.51. The third kappa shape index (κ3) is 1.99. The van der Waals surface area contributed by atoms with Crippen LogP contribution in [0.15, 0.2) is 18.2 Å². The molecular weight excluding hydrogens is 154 g/mol. The molecule has 0 atom stereocenters. The van der Waals surface area contributed by atoms with E-state index < -0.39 is 6.09 Å². The Balaban J connectivity index is 2.93. The second kappa shape index (κ2) is 3.26. The summed E-state index contributed by atoms with van der Waals surface area (Å²) in [5.41, 5.74) is 8.58. The van der Waals surface area contributed by atoms with Gasteiger partial charge in [-0.1, -0.05) is 17.7 Å². The van der Waals surface area contributed by atoms with Gasteiger partial charge in [0.2, 0.25) is 0 Å². The van der Waals surface area contributed by atoms with E-state index in [1.807, 2.05) is 26.0 Å². The van der Waals surface area contributed by atoms with Crippen molar-refractivity contribution in [3.8, 4) is 5.75 Å². The quantitative estimate of drug-likeness (QED) is 0.638. The lowest BCUT2D eigenvalue weighted by atomic mass is 10.1. The van der Waals surface area contributed by atoms with E-state index >= 15 is 0 Å². The highest BCUT2D eigenvalue weighted by Gasteiger charge is 2.02. The van der Waals surface area contributed by atoms with E-state index in [-0.39, 0.29) is 0 Å². The molecule has 0 aliphatic carbocycles. The van der Waals surface area contributed by atoms with Crippen LogP contribution in [-0.2, 0) is 0 Å². The lowest BCUT2D eigenvalue weighted by molar-refractivity contribution is 0.209. The Morgan fingerprint density at radius 1 is 1.42 bits per heavy atom. The van der Waals surface area contributed by atoms with Gasteiger partial charge in [0.05, 0.1) is 0 Å². The molecule has 0 bridgehead atoms. The van der Waals surface area contributed by atoms with Gasteiger partial charge in [0.15, 0.2) is 0 Å². The fourth-order valence-electron chi connectivity index (χ4n) is 1.01. The molecule has 0 saturated carbocycles. The monoisotopic (exact) mass is 164 g/mol. The second-order valence-electron chi connectivity index (χ2n) is 2.66. The van der Waals surface area contributed by atoms with Crippen LogP contribution in [0, 0.1) is 13.8 Å². The maximum absolute atomic E-state index is 10.3. The van der Waals surface area contributed by atoms with Gasteiger partial charge >= 0.3 is 6.09 Å². The smallest absolute Gasteiger partial charge is 0.409 e. The van der Waals surface area contributed by atoms with Gasteiger partial charge < -0.3 is 4.74 Å². The summed E-state index contributed by atoms with van der Waals surface area (Å²) < 4.78 is 4.63. The molecule has 1 aromatic carbocycles. The van der Waals surface area contributed by atoms with Crippen molar-refractivity contribution in [2.75, 3.05) is 0 Å². The predicted molar refractivity (Wildman–Crippen MR) is 45.0 cm³/mol. The van der Waals surface area contributed by atoms with E-state index in [0.29, 0.717) is 5.75 Å². The molecule has 3 heteroatoms. The van der Waals surface area contributed by atoms with Crippen LogP contribution < -0.4 is 10.5 Å². The average molecular weight is 164 g/mol. The topological polar surface area (TPSA) is 50.1 Å². The number of hydrogen-bond acceptors (Lipinski definition) is 2. The van der Waals surface area contributed by atoms with Gasteiger partial charge in [-0.05, 0) is 25.5 Å². The first-order valence-electron chi connectivity index (χ1n) is 3.60. The Bertz CT molecular complexity index is 307. The Morgan fingerprint density at radius 2 is 2.08 bits per heavy atom.